The Morgan fingerprint density at radius 3 is 2.50 bits per heavy atom. The molecular weight excluding hydrogens is 316 g/mol. The molecule has 0 unspecified atom stereocenters. The van der Waals surface area contributed by atoms with Gasteiger partial charge >= 0.3 is 0 Å². The minimum atomic E-state index is -0.0372. The molecule has 0 aliphatic rings. The maximum atomic E-state index is 12.3. The highest BCUT2D eigenvalue weighted by Gasteiger charge is 2.13. The number of aryl methyl sites for hydroxylation is 3. The molecule has 0 spiro atoms. The van der Waals surface area contributed by atoms with Crippen LogP contribution in [0.15, 0.2) is 48.5 Å². The number of hydrogen-bond acceptors (Lipinski definition) is 3. The number of nitrogens with one attached hydrogen (secondary N) is 1. The third-order valence-corrected chi connectivity index (χ3v) is 4.75. The third-order valence-electron chi connectivity index (χ3n) is 3.78. The molecule has 3 nitrogen and oxygen atoms in total. The number of thiazole rings is 1. The van der Waals surface area contributed by atoms with Gasteiger partial charge in [-0.05, 0) is 38.5 Å². The molecule has 1 heterocycles. The van der Waals surface area contributed by atoms with Crippen molar-refractivity contribution in [1.82, 2.24) is 4.98 Å². The van der Waals surface area contributed by atoms with E-state index >= 15 is 0 Å². The molecule has 0 saturated heterocycles. The number of amides is 1. The Morgan fingerprint density at radius 2 is 1.79 bits per heavy atom. The van der Waals surface area contributed by atoms with Crippen molar-refractivity contribution in [3.63, 3.8) is 0 Å². The molecule has 1 aromatic heterocycles. The molecule has 0 aliphatic heterocycles. The maximum Gasteiger partial charge on any atom is 0.231 e. The average molecular weight is 336 g/mol. The van der Waals surface area contributed by atoms with Crippen molar-refractivity contribution in [2.75, 3.05) is 5.32 Å². The predicted molar refractivity (Wildman–Crippen MR) is 101 cm³/mol. The number of carbonyl (C=O) groups excluding carboxylic acids is 1. The van der Waals surface area contributed by atoms with E-state index < -0.39 is 0 Å². The second kappa shape index (κ2) is 6.97. The van der Waals surface area contributed by atoms with Gasteiger partial charge in [-0.25, -0.2) is 4.98 Å². The lowest BCUT2D eigenvalue weighted by Crippen LogP contribution is -2.14. The van der Waals surface area contributed by atoms with Gasteiger partial charge in [0.15, 0.2) is 0 Å². The normalized spacial score (nSPS) is 10.6. The number of benzene rings is 2. The highest BCUT2D eigenvalue weighted by atomic mass is 32.1. The minimum Gasteiger partial charge on any atom is -0.326 e. The van der Waals surface area contributed by atoms with Gasteiger partial charge in [-0.3, -0.25) is 4.79 Å². The second-order valence-corrected chi connectivity index (χ2v) is 7.26. The van der Waals surface area contributed by atoms with Gasteiger partial charge in [-0.15, -0.1) is 11.3 Å². The first kappa shape index (κ1) is 16.4. The molecule has 0 saturated carbocycles. The first-order valence-corrected chi connectivity index (χ1v) is 8.73. The molecule has 122 valence electrons. The Balaban J connectivity index is 1.73. The van der Waals surface area contributed by atoms with E-state index in [-0.39, 0.29) is 5.91 Å². The Kier molecular flexibility index (Phi) is 4.76. The summed E-state index contributed by atoms with van der Waals surface area (Å²) in [7, 11) is 0. The van der Waals surface area contributed by atoms with E-state index in [0.29, 0.717) is 6.42 Å². The molecule has 1 amide bonds. The standard InChI is InChI=1S/C20H20N2OS/c1-13-7-9-16(10-8-13)20-15(3)24-19(22-20)12-18(23)21-17-6-4-5-14(2)11-17/h4-11H,12H2,1-3H3,(H,21,23). The smallest absolute Gasteiger partial charge is 0.231 e. The summed E-state index contributed by atoms with van der Waals surface area (Å²) in [5.41, 5.74) is 5.24. The zero-order chi connectivity index (χ0) is 17.1. The Labute approximate surface area is 146 Å². The molecule has 3 aromatic rings. The van der Waals surface area contributed by atoms with Crippen LogP contribution in [-0.2, 0) is 11.2 Å². The largest absolute Gasteiger partial charge is 0.326 e. The summed E-state index contributed by atoms with van der Waals surface area (Å²) < 4.78 is 0. The van der Waals surface area contributed by atoms with Crippen LogP contribution < -0.4 is 5.32 Å². The second-order valence-electron chi connectivity index (χ2n) is 5.97. The number of anilines is 1. The van der Waals surface area contributed by atoms with Gasteiger partial charge in [0.1, 0.15) is 5.01 Å². The highest BCUT2D eigenvalue weighted by molar-refractivity contribution is 7.12. The van der Waals surface area contributed by atoms with Gasteiger partial charge in [-0.1, -0.05) is 42.0 Å². The first-order chi connectivity index (χ1) is 11.5. The molecule has 0 fully saturated rings. The predicted octanol–water partition coefficient (Wildman–Crippen LogP) is 4.92. The molecule has 3 rings (SSSR count). The number of nitrogens with zero attached hydrogens (tertiary/aromatic N) is 1. The highest BCUT2D eigenvalue weighted by Crippen LogP contribution is 2.28. The first-order valence-electron chi connectivity index (χ1n) is 7.91. The lowest BCUT2D eigenvalue weighted by molar-refractivity contribution is -0.115. The topological polar surface area (TPSA) is 42.0 Å². The van der Waals surface area contributed by atoms with Gasteiger partial charge < -0.3 is 5.32 Å². The number of carbonyl (C=O) groups is 1. The van der Waals surface area contributed by atoms with Crippen molar-refractivity contribution in [2.24, 2.45) is 0 Å². The number of rotatable bonds is 4. The fourth-order valence-electron chi connectivity index (χ4n) is 2.57. The summed E-state index contributed by atoms with van der Waals surface area (Å²) in [6, 6.07) is 16.1. The zero-order valence-corrected chi connectivity index (χ0v) is 14.9. The fraction of sp³-hybridized carbons (Fsp3) is 0.200. The molecule has 0 bridgehead atoms. The van der Waals surface area contributed by atoms with Crippen molar-refractivity contribution >= 4 is 22.9 Å². The summed E-state index contributed by atoms with van der Waals surface area (Å²) >= 11 is 1.58. The van der Waals surface area contributed by atoms with E-state index in [0.717, 1.165) is 32.4 Å². The molecule has 4 heteroatoms. The van der Waals surface area contributed by atoms with Crippen molar-refractivity contribution in [1.29, 1.82) is 0 Å². The quantitative estimate of drug-likeness (QED) is 0.735. The molecule has 2 aromatic carbocycles. The Bertz CT molecular complexity index is 866. The van der Waals surface area contributed by atoms with Gasteiger partial charge in [0.25, 0.3) is 0 Å². The minimum absolute atomic E-state index is 0.0372. The number of hydrogen-bond donors (Lipinski definition) is 1. The van der Waals surface area contributed by atoms with Crippen molar-refractivity contribution in [3.8, 4) is 11.3 Å². The van der Waals surface area contributed by atoms with Crippen LogP contribution >= 0.6 is 11.3 Å². The van der Waals surface area contributed by atoms with Crippen LogP contribution in [0.5, 0.6) is 0 Å². The third kappa shape index (κ3) is 3.89. The summed E-state index contributed by atoms with van der Waals surface area (Å²) in [6.45, 7) is 6.13. The van der Waals surface area contributed by atoms with Crippen LogP contribution in [0.1, 0.15) is 21.0 Å². The van der Waals surface area contributed by atoms with Crippen LogP contribution in [0.25, 0.3) is 11.3 Å². The van der Waals surface area contributed by atoms with E-state index in [2.05, 4.69) is 48.4 Å². The van der Waals surface area contributed by atoms with Gasteiger partial charge in [0.2, 0.25) is 5.91 Å². The number of aromatic nitrogens is 1. The van der Waals surface area contributed by atoms with E-state index in [1.165, 1.54) is 5.56 Å². The Morgan fingerprint density at radius 1 is 1.04 bits per heavy atom. The average Bonchev–Trinajstić information content (AvgIpc) is 2.88. The van der Waals surface area contributed by atoms with Gasteiger partial charge in [0.05, 0.1) is 12.1 Å². The van der Waals surface area contributed by atoms with E-state index in [1.54, 1.807) is 11.3 Å². The summed E-state index contributed by atoms with van der Waals surface area (Å²) in [4.78, 5) is 18.1. The molecule has 24 heavy (non-hydrogen) atoms. The van der Waals surface area contributed by atoms with Crippen LogP contribution in [0.2, 0.25) is 0 Å². The zero-order valence-electron chi connectivity index (χ0n) is 14.1. The SMILES string of the molecule is Cc1ccc(-c2nc(CC(=O)Nc3cccc(C)c3)sc2C)cc1. The monoisotopic (exact) mass is 336 g/mol. The van der Waals surface area contributed by atoms with Gasteiger partial charge in [0, 0.05) is 16.1 Å². The molecule has 0 radical (unpaired) electrons. The van der Waals surface area contributed by atoms with Crippen molar-refractivity contribution < 1.29 is 4.79 Å². The molecular formula is C20H20N2OS. The van der Waals surface area contributed by atoms with E-state index in [9.17, 15) is 4.79 Å². The summed E-state index contributed by atoms with van der Waals surface area (Å²) in [5, 5.41) is 3.78. The van der Waals surface area contributed by atoms with Crippen LogP contribution in [0, 0.1) is 20.8 Å². The van der Waals surface area contributed by atoms with Gasteiger partial charge in [-0.2, -0.15) is 0 Å². The van der Waals surface area contributed by atoms with Crippen molar-refractivity contribution in [3.05, 3.63) is 69.5 Å². The summed E-state index contributed by atoms with van der Waals surface area (Å²) in [5.74, 6) is -0.0372. The van der Waals surface area contributed by atoms with Crippen LogP contribution in [0.3, 0.4) is 0 Å². The fourth-order valence-corrected chi connectivity index (χ4v) is 3.53. The molecule has 0 atom stereocenters. The Hall–Kier alpha value is -2.46. The summed E-state index contributed by atoms with van der Waals surface area (Å²) in [6.07, 6.45) is 0.297. The van der Waals surface area contributed by atoms with Crippen LogP contribution in [0.4, 0.5) is 5.69 Å². The van der Waals surface area contributed by atoms with E-state index in [1.807, 2.05) is 31.2 Å². The molecule has 0 aliphatic carbocycles. The van der Waals surface area contributed by atoms with E-state index in [4.69, 9.17) is 0 Å². The van der Waals surface area contributed by atoms with Crippen LogP contribution in [-0.4, -0.2) is 10.9 Å². The molecule has 1 N–H and O–H groups in total. The maximum absolute atomic E-state index is 12.3. The lowest BCUT2D eigenvalue weighted by atomic mass is 10.1. The van der Waals surface area contributed by atoms with Crippen molar-refractivity contribution in [2.45, 2.75) is 27.2 Å². The lowest BCUT2D eigenvalue weighted by Gasteiger charge is -2.04.